The van der Waals surface area contributed by atoms with E-state index in [0.29, 0.717) is 12.1 Å². The molecule has 4 nitrogen and oxygen atoms in total. The number of hydrogen-bond donors (Lipinski definition) is 2. The molecule has 0 aliphatic rings. The van der Waals surface area contributed by atoms with Crippen LogP contribution in [0.5, 0.6) is 0 Å². The summed E-state index contributed by atoms with van der Waals surface area (Å²) in [5.41, 5.74) is 1.42. The quantitative estimate of drug-likeness (QED) is 0.760. The molecule has 2 N–H and O–H groups in total. The van der Waals surface area contributed by atoms with Gasteiger partial charge in [-0.2, -0.15) is 0 Å². The van der Waals surface area contributed by atoms with Gasteiger partial charge < -0.3 is 10.4 Å². The van der Waals surface area contributed by atoms with Crippen LogP contribution in [0.4, 0.5) is 0 Å². The number of nitrogens with one attached hydrogen (secondary N) is 1. The molecule has 3 aromatic rings. The second-order valence-electron chi connectivity index (χ2n) is 5.90. The zero-order valence-electron chi connectivity index (χ0n) is 13.5. The van der Waals surface area contributed by atoms with Gasteiger partial charge in [0.2, 0.25) is 0 Å². The van der Waals surface area contributed by atoms with E-state index < -0.39 is 6.10 Å². The molecule has 0 aliphatic carbocycles. The Morgan fingerprint density at radius 1 is 1.08 bits per heavy atom. The standard InChI is InChI=1S/C20H20N2O2/c1-14(18(23)13-15-7-3-2-4-8-15)22-20(24)19-17-10-6-5-9-16(17)11-12-21-19/h2-12,14,18,23H,13H2,1H3,(H,22,24). The van der Waals surface area contributed by atoms with Gasteiger partial charge in [-0.3, -0.25) is 9.78 Å². The number of hydrogen-bond acceptors (Lipinski definition) is 3. The van der Waals surface area contributed by atoms with Crippen LogP contribution in [0, 0.1) is 0 Å². The first kappa shape index (κ1) is 16.1. The van der Waals surface area contributed by atoms with E-state index in [-0.39, 0.29) is 11.9 Å². The number of nitrogens with zero attached hydrogens (tertiary/aromatic N) is 1. The fraction of sp³-hybridized carbons (Fsp3) is 0.200. The first-order chi connectivity index (χ1) is 11.6. The molecule has 1 amide bonds. The van der Waals surface area contributed by atoms with E-state index in [0.717, 1.165) is 16.3 Å². The first-order valence-electron chi connectivity index (χ1n) is 8.02. The summed E-state index contributed by atoms with van der Waals surface area (Å²) in [5.74, 6) is -0.272. The predicted octanol–water partition coefficient (Wildman–Crippen LogP) is 2.96. The van der Waals surface area contributed by atoms with Gasteiger partial charge in [-0.15, -0.1) is 0 Å². The Morgan fingerprint density at radius 3 is 2.58 bits per heavy atom. The van der Waals surface area contributed by atoms with Crippen LogP contribution in [-0.2, 0) is 6.42 Å². The number of benzene rings is 2. The van der Waals surface area contributed by atoms with Gasteiger partial charge in [0, 0.05) is 18.0 Å². The third kappa shape index (κ3) is 3.60. The lowest BCUT2D eigenvalue weighted by atomic mass is 10.0. The maximum absolute atomic E-state index is 12.5. The van der Waals surface area contributed by atoms with E-state index in [4.69, 9.17) is 0 Å². The summed E-state index contributed by atoms with van der Waals surface area (Å²) >= 11 is 0. The summed E-state index contributed by atoms with van der Waals surface area (Å²) in [7, 11) is 0. The number of carbonyl (C=O) groups is 1. The second-order valence-corrected chi connectivity index (χ2v) is 5.90. The Hall–Kier alpha value is -2.72. The van der Waals surface area contributed by atoms with Crippen LogP contribution in [0.1, 0.15) is 23.0 Å². The number of aliphatic hydroxyl groups excluding tert-OH is 1. The molecule has 4 heteroatoms. The highest BCUT2D eigenvalue weighted by Crippen LogP contribution is 2.16. The fourth-order valence-corrected chi connectivity index (χ4v) is 2.70. The van der Waals surface area contributed by atoms with Crippen molar-refractivity contribution < 1.29 is 9.90 Å². The molecular weight excluding hydrogens is 300 g/mol. The normalized spacial score (nSPS) is 13.4. The molecule has 1 heterocycles. The number of fused-ring (bicyclic) bond motifs is 1. The third-order valence-corrected chi connectivity index (χ3v) is 4.11. The van der Waals surface area contributed by atoms with Crippen molar-refractivity contribution >= 4 is 16.7 Å². The van der Waals surface area contributed by atoms with Crippen LogP contribution in [0.25, 0.3) is 10.8 Å². The smallest absolute Gasteiger partial charge is 0.270 e. The fourth-order valence-electron chi connectivity index (χ4n) is 2.70. The van der Waals surface area contributed by atoms with Crippen LogP contribution >= 0.6 is 0 Å². The van der Waals surface area contributed by atoms with E-state index in [1.807, 2.05) is 60.7 Å². The van der Waals surface area contributed by atoms with Crippen molar-refractivity contribution in [2.24, 2.45) is 0 Å². The van der Waals surface area contributed by atoms with E-state index in [1.165, 1.54) is 0 Å². The van der Waals surface area contributed by atoms with Gasteiger partial charge in [0.05, 0.1) is 12.1 Å². The number of carbonyl (C=O) groups excluding carboxylic acids is 1. The zero-order chi connectivity index (χ0) is 16.9. The minimum absolute atomic E-state index is 0.272. The molecule has 0 aliphatic heterocycles. The van der Waals surface area contributed by atoms with Crippen LogP contribution in [0.15, 0.2) is 66.9 Å². The van der Waals surface area contributed by atoms with E-state index in [9.17, 15) is 9.90 Å². The molecule has 0 saturated heterocycles. The Labute approximate surface area is 141 Å². The SMILES string of the molecule is CC(NC(=O)c1nccc2ccccc12)C(O)Cc1ccccc1. The topological polar surface area (TPSA) is 62.2 Å². The van der Waals surface area contributed by atoms with Crippen LogP contribution in [-0.4, -0.2) is 28.1 Å². The van der Waals surface area contributed by atoms with Crippen molar-refractivity contribution in [3.8, 4) is 0 Å². The summed E-state index contributed by atoms with van der Waals surface area (Å²) in [6.07, 6.45) is 1.46. The summed E-state index contributed by atoms with van der Waals surface area (Å²) in [6, 6.07) is 18.9. The molecule has 2 aromatic carbocycles. The summed E-state index contributed by atoms with van der Waals surface area (Å²) in [6.45, 7) is 1.80. The van der Waals surface area contributed by atoms with Gasteiger partial charge in [0.15, 0.2) is 0 Å². The molecule has 24 heavy (non-hydrogen) atoms. The van der Waals surface area contributed by atoms with Crippen molar-refractivity contribution in [1.82, 2.24) is 10.3 Å². The third-order valence-electron chi connectivity index (χ3n) is 4.11. The lowest BCUT2D eigenvalue weighted by molar-refractivity contribution is 0.0849. The Balaban J connectivity index is 1.71. The highest BCUT2D eigenvalue weighted by Gasteiger charge is 2.19. The zero-order valence-corrected chi connectivity index (χ0v) is 13.5. The monoisotopic (exact) mass is 320 g/mol. The molecule has 0 saturated carbocycles. The van der Waals surface area contributed by atoms with Gasteiger partial charge in [-0.05, 0) is 23.9 Å². The number of aromatic nitrogens is 1. The van der Waals surface area contributed by atoms with Crippen molar-refractivity contribution in [2.75, 3.05) is 0 Å². The average molecular weight is 320 g/mol. The molecule has 0 bridgehead atoms. The molecule has 122 valence electrons. The van der Waals surface area contributed by atoms with Crippen LogP contribution in [0.2, 0.25) is 0 Å². The molecule has 3 rings (SSSR count). The molecule has 0 spiro atoms. The highest BCUT2D eigenvalue weighted by atomic mass is 16.3. The Kier molecular flexibility index (Phi) is 4.87. The van der Waals surface area contributed by atoms with E-state index >= 15 is 0 Å². The molecule has 0 radical (unpaired) electrons. The molecule has 2 atom stereocenters. The summed E-state index contributed by atoms with van der Waals surface area (Å²) in [4.78, 5) is 16.8. The lowest BCUT2D eigenvalue weighted by Gasteiger charge is -2.20. The first-order valence-corrected chi connectivity index (χ1v) is 8.02. The highest BCUT2D eigenvalue weighted by molar-refractivity contribution is 6.05. The summed E-state index contributed by atoms with van der Waals surface area (Å²) in [5, 5.41) is 15.0. The van der Waals surface area contributed by atoms with Gasteiger partial charge in [0.25, 0.3) is 5.91 Å². The van der Waals surface area contributed by atoms with E-state index in [1.54, 1.807) is 13.1 Å². The Bertz CT molecular complexity index is 828. The van der Waals surface area contributed by atoms with Crippen molar-refractivity contribution in [2.45, 2.75) is 25.5 Å². The number of amides is 1. The maximum Gasteiger partial charge on any atom is 0.270 e. The van der Waals surface area contributed by atoms with Crippen molar-refractivity contribution in [3.63, 3.8) is 0 Å². The molecular formula is C20H20N2O2. The summed E-state index contributed by atoms with van der Waals surface area (Å²) < 4.78 is 0. The number of rotatable bonds is 5. The minimum Gasteiger partial charge on any atom is -0.391 e. The van der Waals surface area contributed by atoms with Gasteiger partial charge >= 0.3 is 0 Å². The molecule has 0 fully saturated rings. The number of aliphatic hydroxyl groups is 1. The van der Waals surface area contributed by atoms with E-state index in [2.05, 4.69) is 10.3 Å². The maximum atomic E-state index is 12.5. The second kappa shape index (κ2) is 7.23. The Morgan fingerprint density at radius 2 is 1.79 bits per heavy atom. The lowest BCUT2D eigenvalue weighted by Crippen LogP contribution is -2.42. The van der Waals surface area contributed by atoms with Crippen molar-refractivity contribution in [1.29, 1.82) is 0 Å². The van der Waals surface area contributed by atoms with Gasteiger partial charge in [-0.25, -0.2) is 0 Å². The van der Waals surface area contributed by atoms with Gasteiger partial charge in [0.1, 0.15) is 5.69 Å². The molecule has 2 unspecified atom stereocenters. The van der Waals surface area contributed by atoms with Crippen LogP contribution in [0.3, 0.4) is 0 Å². The molecule has 1 aromatic heterocycles. The minimum atomic E-state index is -0.661. The van der Waals surface area contributed by atoms with Gasteiger partial charge in [-0.1, -0.05) is 54.6 Å². The largest absolute Gasteiger partial charge is 0.391 e. The number of pyridine rings is 1. The predicted molar refractivity (Wildman–Crippen MR) is 94.8 cm³/mol. The van der Waals surface area contributed by atoms with Crippen molar-refractivity contribution in [3.05, 3.63) is 78.1 Å². The van der Waals surface area contributed by atoms with Crippen LogP contribution < -0.4 is 5.32 Å². The average Bonchev–Trinajstić information content (AvgIpc) is 2.62.